The fourth-order valence-corrected chi connectivity index (χ4v) is 2.22. The summed E-state index contributed by atoms with van der Waals surface area (Å²) in [5, 5.41) is 21.1. The van der Waals surface area contributed by atoms with E-state index in [4.69, 9.17) is 9.84 Å². The van der Waals surface area contributed by atoms with Crippen molar-refractivity contribution in [3.8, 4) is 5.75 Å². The van der Waals surface area contributed by atoms with Gasteiger partial charge in [-0.1, -0.05) is 45.4 Å². The maximum Gasteiger partial charge on any atom is 0.119 e. The van der Waals surface area contributed by atoms with Gasteiger partial charge in [0.25, 0.3) is 0 Å². The molecule has 0 fully saturated rings. The van der Waals surface area contributed by atoms with Crippen molar-refractivity contribution in [2.75, 3.05) is 25.1 Å². The topological polar surface area (TPSA) is 61.7 Å². The third-order valence-corrected chi connectivity index (χ3v) is 3.62. The van der Waals surface area contributed by atoms with Crippen molar-refractivity contribution in [2.45, 2.75) is 58.0 Å². The van der Waals surface area contributed by atoms with Crippen LogP contribution in [0.1, 0.15) is 51.9 Å². The molecule has 1 aromatic carbocycles. The average molecular weight is 309 g/mol. The molecule has 0 saturated heterocycles. The molecule has 0 saturated carbocycles. The molecule has 0 radical (unpaired) electrons. The van der Waals surface area contributed by atoms with Gasteiger partial charge in [-0.2, -0.15) is 0 Å². The van der Waals surface area contributed by atoms with Crippen molar-refractivity contribution in [1.29, 1.82) is 0 Å². The van der Waals surface area contributed by atoms with E-state index in [1.165, 1.54) is 38.5 Å². The summed E-state index contributed by atoms with van der Waals surface area (Å²) in [7, 11) is 0. The van der Waals surface area contributed by atoms with Gasteiger partial charge in [-0.05, 0) is 30.7 Å². The number of hydrogen-bond acceptors (Lipinski definition) is 4. The first kappa shape index (κ1) is 18.8. The molecule has 4 heteroatoms. The smallest absolute Gasteiger partial charge is 0.119 e. The molecule has 1 atom stereocenters. The highest BCUT2D eigenvalue weighted by molar-refractivity contribution is 5.46. The van der Waals surface area contributed by atoms with Gasteiger partial charge >= 0.3 is 0 Å². The van der Waals surface area contributed by atoms with Gasteiger partial charge in [0, 0.05) is 12.2 Å². The Morgan fingerprint density at radius 2 is 1.64 bits per heavy atom. The van der Waals surface area contributed by atoms with E-state index < -0.39 is 6.10 Å². The maximum absolute atomic E-state index is 9.27. The molecule has 0 aromatic heterocycles. The third kappa shape index (κ3) is 8.90. The van der Waals surface area contributed by atoms with Crippen LogP contribution in [-0.2, 0) is 0 Å². The predicted octanol–water partition coefficient (Wildman–Crippen LogP) is 3.58. The number of rotatable bonds is 13. The molecule has 0 heterocycles. The van der Waals surface area contributed by atoms with E-state index in [-0.39, 0.29) is 6.61 Å². The number of benzene rings is 1. The Morgan fingerprint density at radius 1 is 1.00 bits per heavy atom. The van der Waals surface area contributed by atoms with Crippen LogP contribution in [0.3, 0.4) is 0 Å². The van der Waals surface area contributed by atoms with Gasteiger partial charge in [0.05, 0.1) is 19.3 Å². The number of aliphatic hydroxyl groups is 2. The molecule has 4 nitrogen and oxygen atoms in total. The monoisotopic (exact) mass is 309 g/mol. The molecule has 0 aliphatic heterocycles. The first-order chi connectivity index (χ1) is 10.8. The van der Waals surface area contributed by atoms with E-state index in [0.29, 0.717) is 6.54 Å². The Balaban J connectivity index is 2.09. The van der Waals surface area contributed by atoms with Crippen molar-refractivity contribution in [3.63, 3.8) is 0 Å². The predicted molar refractivity (Wildman–Crippen MR) is 91.5 cm³/mol. The second kappa shape index (κ2) is 12.3. The first-order valence-corrected chi connectivity index (χ1v) is 8.52. The molecule has 1 rings (SSSR count). The third-order valence-electron chi connectivity index (χ3n) is 3.62. The van der Waals surface area contributed by atoms with Crippen LogP contribution in [0.4, 0.5) is 5.69 Å². The van der Waals surface area contributed by atoms with Crippen LogP contribution in [0.2, 0.25) is 0 Å². The molecule has 0 spiro atoms. The van der Waals surface area contributed by atoms with Crippen molar-refractivity contribution in [2.24, 2.45) is 0 Å². The Hall–Kier alpha value is -1.26. The fourth-order valence-electron chi connectivity index (χ4n) is 2.22. The van der Waals surface area contributed by atoms with Gasteiger partial charge < -0.3 is 20.3 Å². The van der Waals surface area contributed by atoms with Gasteiger partial charge in [0.1, 0.15) is 5.75 Å². The van der Waals surface area contributed by atoms with Gasteiger partial charge in [-0.25, -0.2) is 0 Å². The summed E-state index contributed by atoms with van der Waals surface area (Å²) in [6, 6.07) is 7.69. The summed E-state index contributed by atoms with van der Waals surface area (Å²) in [5.74, 6) is 0.874. The number of anilines is 1. The van der Waals surface area contributed by atoms with E-state index in [1.54, 1.807) is 0 Å². The number of ether oxygens (including phenoxy) is 1. The Morgan fingerprint density at radius 3 is 2.27 bits per heavy atom. The van der Waals surface area contributed by atoms with Crippen LogP contribution >= 0.6 is 0 Å². The molecule has 0 bridgehead atoms. The zero-order valence-corrected chi connectivity index (χ0v) is 13.8. The Bertz CT molecular complexity index is 367. The summed E-state index contributed by atoms with van der Waals surface area (Å²) in [6.45, 7) is 3.12. The van der Waals surface area contributed by atoms with Crippen LogP contribution in [0.5, 0.6) is 5.75 Å². The molecule has 1 unspecified atom stereocenters. The van der Waals surface area contributed by atoms with E-state index in [9.17, 15) is 5.11 Å². The van der Waals surface area contributed by atoms with Gasteiger partial charge in [0.2, 0.25) is 0 Å². The summed E-state index contributed by atoms with van der Waals surface area (Å²) in [5.41, 5.74) is 0.913. The van der Waals surface area contributed by atoms with Crippen LogP contribution in [-0.4, -0.2) is 36.1 Å². The van der Waals surface area contributed by atoms with Crippen molar-refractivity contribution < 1.29 is 14.9 Å². The normalized spacial score (nSPS) is 12.1. The van der Waals surface area contributed by atoms with Crippen LogP contribution in [0.25, 0.3) is 0 Å². The van der Waals surface area contributed by atoms with E-state index in [0.717, 1.165) is 24.5 Å². The highest BCUT2D eigenvalue weighted by Gasteiger charge is 2.01. The zero-order valence-electron chi connectivity index (χ0n) is 13.8. The molecular formula is C18H31NO3. The highest BCUT2D eigenvalue weighted by Crippen LogP contribution is 2.16. The molecule has 0 aliphatic carbocycles. The summed E-state index contributed by atoms with van der Waals surface area (Å²) < 4.78 is 5.72. The summed E-state index contributed by atoms with van der Waals surface area (Å²) in [4.78, 5) is 0. The number of nitrogens with one attached hydrogen (secondary N) is 1. The minimum Gasteiger partial charge on any atom is -0.494 e. The molecule has 126 valence electrons. The number of unbranched alkanes of at least 4 members (excludes halogenated alkanes) is 6. The number of hydrogen-bond donors (Lipinski definition) is 3. The lowest BCUT2D eigenvalue weighted by Gasteiger charge is -2.11. The Labute approximate surface area is 134 Å². The molecule has 22 heavy (non-hydrogen) atoms. The second-order valence-corrected chi connectivity index (χ2v) is 5.71. The van der Waals surface area contributed by atoms with Crippen molar-refractivity contribution >= 4 is 5.69 Å². The van der Waals surface area contributed by atoms with Gasteiger partial charge in [0.15, 0.2) is 0 Å². The van der Waals surface area contributed by atoms with Crippen LogP contribution < -0.4 is 10.1 Å². The average Bonchev–Trinajstić information content (AvgIpc) is 2.56. The second-order valence-electron chi connectivity index (χ2n) is 5.71. The van der Waals surface area contributed by atoms with Crippen molar-refractivity contribution in [1.82, 2.24) is 0 Å². The molecule has 0 aliphatic rings. The zero-order chi connectivity index (χ0) is 16.0. The van der Waals surface area contributed by atoms with Crippen LogP contribution in [0, 0.1) is 0 Å². The highest BCUT2D eigenvalue weighted by atomic mass is 16.5. The van der Waals surface area contributed by atoms with E-state index >= 15 is 0 Å². The lowest BCUT2D eigenvalue weighted by molar-refractivity contribution is 0.105. The van der Waals surface area contributed by atoms with Gasteiger partial charge in [-0.15, -0.1) is 0 Å². The lowest BCUT2D eigenvalue weighted by atomic mass is 10.1. The molecule has 0 amide bonds. The molecule has 1 aromatic rings. The number of aliphatic hydroxyl groups excluding tert-OH is 2. The molecular weight excluding hydrogens is 278 g/mol. The van der Waals surface area contributed by atoms with Crippen LogP contribution in [0.15, 0.2) is 24.3 Å². The summed E-state index contributed by atoms with van der Waals surface area (Å²) in [6.07, 6.45) is 8.27. The van der Waals surface area contributed by atoms with E-state index in [1.807, 2.05) is 24.3 Å². The SMILES string of the molecule is CCCCCCCCCOc1ccc(NCC(O)CO)cc1. The quantitative estimate of drug-likeness (QED) is 0.487. The maximum atomic E-state index is 9.27. The lowest BCUT2D eigenvalue weighted by Crippen LogP contribution is -2.22. The minimum absolute atomic E-state index is 0.230. The van der Waals surface area contributed by atoms with Gasteiger partial charge in [-0.3, -0.25) is 0 Å². The fraction of sp³-hybridized carbons (Fsp3) is 0.667. The largest absolute Gasteiger partial charge is 0.494 e. The van der Waals surface area contributed by atoms with Crippen molar-refractivity contribution in [3.05, 3.63) is 24.3 Å². The minimum atomic E-state index is -0.728. The van der Waals surface area contributed by atoms with E-state index in [2.05, 4.69) is 12.2 Å². The Kier molecular flexibility index (Phi) is 10.5. The molecule has 3 N–H and O–H groups in total. The first-order valence-electron chi connectivity index (χ1n) is 8.52. The standard InChI is InChI=1S/C18H31NO3/c1-2-3-4-5-6-7-8-13-22-18-11-9-16(10-12-18)19-14-17(21)15-20/h9-12,17,19-21H,2-8,13-15H2,1H3. The summed E-state index contributed by atoms with van der Waals surface area (Å²) >= 11 is 0.